The fourth-order valence-corrected chi connectivity index (χ4v) is 1.22. The van der Waals surface area contributed by atoms with Crippen molar-refractivity contribution in [3.63, 3.8) is 0 Å². The van der Waals surface area contributed by atoms with Gasteiger partial charge in [0.05, 0.1) is 24.6 Å². The molecule has 16 heavy (non-hydrogen) atoms. The molecule has 4 heteroatoms. The highest BCUT2D eigenvalue weighted by Gasteiger charge is 1.96. The van der Waals surface area contributed by atoms with Crippen LogP contribution >= 0.6 is 0 Å². The number of nitrogens with one attached hydrogen (secondary N) is 1. The monoisotopic (exact) mass is 221 g/mol. The van der Waals surface area contributed by atoms with E-state index < -0.39 is 0 Å². The van der Waals surface area contributed by atoms with E-state index in [2.05, 4.69) is 11.9 Å². The normalized spacial score (nSPS) is 10.0. The molecule has 0 aromatic heterocycles. The topological polar surface area (TPSA) is 73.3 Å². The van der Waals surface area contributed by atoms with Gasteiger partial charge in [0, 0.05) is 12.2 Å². The minimum Gasteiger partial charge on any atom is -0.397 e. The molecule has 0 amide bonds. The van der Waals surface area contributed by atoms with Gasteiger partial charge in [-0.2, -0.15) is 0 Å². The molecule has 0 heterocycles. The number of nitrogen functional groups attached to an aromatic ring is 2. The molecule has 1 aromatic rings. The average molecular weight is 221 g/mol. The predicted octanol–water partition coefficient (Wildman–Crippen LogP) is 1.86. The van der Waals surface area contributed by atoms with Gasteiger partial charge in [-0.15, -0.1) is 6.58 Å². The molecule has 0 aliphatic heterocycles. The van der Waals surface area contributed by atoms with Crippen LogP contribution in [0.3, 0.4) is 0 Å². The third-order valence-corrected chi connectivity index (χ3v) is 2.13. The molecule has 5 N–H and O–H groups in total. The van der Waals surface area contributed by atoms with Gasteiger partial charge < -0.3 is 21.5 Å². The van der Waals surface area contributed by atoms with E-state index in [0.29, 0.717) is 18.0 Å². The van der Waals surface area contributed by atoms with Crippen LogP contribution in [0, 0.1) is 0 Å². The van der Waals surface area contributed by atoms with Gasteiger partial charge in [0.25, 0.3) is 0 Å². The Bertz CT molecular complexity index is 339. The molecule has 4 nitrogen and oxygen atoms in total. The van der Waals surface area contributed by atoms with Gasteiger partial charge in [-0.1, -0.05) is 6.08 Å². The van der Waals surface area contributed by atoms with Gasteiger partial charge in [0.1, 0.15) is 0 Å². The Kier molecular flexibility index (Phi) is 5.22. The van der Waals surface area contributed by atoms with Crippen LogP contribution in [-0.2, 0) is 4.74 Å². The number of anilines is 3. The van der Waals surface area contributed by atoms with Crippen molar-refractivity contribution >= 4 is 17.1 Å². The largest absolute Gasteiger partial charge is 0.397 e. The lowest BCUT2D eigenvalue weighted by Gasteiger charge is -2.08. The van der Waals surface area contributed by atoms with E-state index in [1.165, 1.54) is 0 Å². The van der Waals surface area contributed by atoms with Crippen molar-refractivity contribution in [3.8, 4) is 0 Å². The van der Waals surface area contributed by atoms with E-state index in [4.69, 9.17) is 16.2 Å². The van der Waals surface area contributed by atoms with Gasteiger partial charge in [-0.3, -0.25) is 0 Å². The summed E-state index contributed by atoms with van der Waals surface area (Å²) >= 11 is 0. The molecular formula is C12H19N3O. The summed E-state index contributed by atoms with van der Waals surface area (Å²) < 4.78 is 5.36. The Hall–Kier alpha value is -1.68. The van der Waals surface area contributed by atoms with Gasteiger partial charge in [-0.25, -0.2) is 0 Å². The first-order valence-electron chi connectivity index (χ1n) is 5.31. The van der Waals surface area contributed by atoms with Crippen LogP contribution in [0.15, 0.2) is 30.9 Å². The summed E-state index contributed by atoms with van der Waals surface area (Å²) in [6.45, 7) is 5.76. The molecule has 0 bridgehead atoms. The second-order valence-corrected chi connectivity index (χ2v) is 3.46. The molecule has 0 fully saturated rings. The second-order valence-electron chi connectivity index (χ2n) is 3.46. The van der Waals surface area contributed by atoms with Crippen LogP contribution in [0.25, 0.3) is 0 Å². The number of rotatable bonds is 7. The summed E-state index contributed by atoms with van der Waals surface area (Å²) in [4.78, 5) is 0. The van der Waals surface area contributed by atoms with Crippen molar-refractivity contribution in [2.75, 3.05) is 36.5 Å². The Morgan fingerprint density at radius 1 is 1.25 bits per heavy atom. The van der Waals surface area contributed by atoms with Crippen LogP contribution in [0.2, 0.25) is 0 Å². The van der Waals surface area contributed by atoms with Crippen molar-refractivity contribution < 1.29 is 4.74 Å². The van der Waals surface area contributed by atoms with Crippen LogP contribution in [0.4, 0.5) is 17.1 Å². The van der Waals surface area contributed by atoms with Crippen molar-refractivity contribution in [1.82, 2.24) is 0 Å². The highest BCUT2D eigenvalue weighted by atomic mass is 16.5. The SMILES string of the molecule is C=CCCOCCNc1ccc(N)c(N)c1. The van der Waals surface area contributed by atoms with Crippen molar-refractivity contribution in [1.29, 1.82) is 0 Å². The minimum absolute atomic E-state index is 0.595. The highest BCUT2D eigenvalue weighted by molar-refractivity contribution is 5.69. The first-order valence-corrected chi connectivity index (χ1v) is 5.31. The number of nitrogens with two attached hydrogens (primary N) is 2. The molecule has 0 saturated heterocycles. The molecule has 1 rings (SSSR count). The van der Waals surface area contributed by atoms with Crippen LogP contribution in [0.5, 0.6) is 0 Å². The Labute approximate surface area is 96.3 Å². The lowest BCUT2D eigenvalue weighted by atomic mass is 10.2. The Morgan fingerprint density at radius 3 is 2.75 bits per heavy atom. The molecule has 0 saturated carbocycles. The zero-order valence-corrected chi connectivity index (χ0v) is 9.41. The molecule has 1 aromatic carbocycles. The fraction of sp³-hybridized carbons (Fsp3) is 0.333. The maximum atomic E-state index is 5.68. The molecule has 0 unspecified atom stereocenters. The third kappa shape index (κ3) is 4.23. The quantitative estimate of drug-likeness (QED) is 0.373. The number of hydrogen-bond acceptors (Lipinski definition) is 4. The summed E-state index contributed by atoms with van der Waals surface area (Å²) in [5.74, 6) is 0. The molecule has 0 spiro atoms. The van der Waals surface area contributed by atoms with E-state index in [0.717, 1.165) is 25.3 Å². The van der Waals surface area contributed by atoms with E-state index in [-0.39, 0.29) is 0 Å². The minimum atomic E-state index is 0.595. The summed E-state index contributed by atoms with van der Waals surface area (Å²) in [6.07, 6.45) is 2.73. The Balaban J connectivity index is 2.21. The van der Waals surface area contributed by atoms with Crippen LogP contribution in [0.1, 0.15) is 6.42 Å². The smallest absolute Gasteiger partial charge is 0.0639 e. The number of benzene rings is 1. The van der Waals surface area contributed by atoms with Crippen LogP contribution < -0.4 is 16.8 Å². The number of ether oxygens (including phenoxy) is 1. The van der Waals surface area contributed by atoms with Gasteiger partial charge >= 0.3 is 0 Å². The zero-order chi connectivity index (χ0) is 11.8. The Morgan fingerprint density at radius 2 is 2.06 bits per heavy atom. The molecule has 0 aliphatic rings. The van der Waals surface area contributed by atoms with Gasteiger partial charge in [-0.05, 0) is 24.6 Å². The van der Waals surface area contributed by atoms with E-state index in [1.54, 1.807) is 6.07 Å². The molecule has 88 valence electrons. The first kappa shape index (κ1) is 12.4. The summed E-state index contributed by atoms with van der Waals surface area (Å²) in [7, 11) is 0. The predicted molar refractivity (Wildman–Crippen MR) is 69.4 cm³/mol. The summed E-state index contributed by atoms with van der Waals surface area (Å²) in [6, 6.07) is 5.50. The molecular weight excluding hydrogens is 202 g/mol. The maximum absolute atomic E-state index is 5.68. The van der Waals surface area contributed by atoms with Crippen LogP contribution in [-0.4, -0.2) is 19.8 Å². The standard InChI is InChI=1S/C12H19N3O/c1-2-3-7-16-8-6-15-10-4-5-11(13)12(14)9-10/h2,4-5,9,15H,1,3,6-8,13-14H2. The molecule has 0 atom stereocenters. The van der Waals surface area contributed by atoms with Crippen molar-refractivity contribution in [2.45, 2.75) is 6.42 Å². The lowest BCUT2D eigenvalue weighted by molar-refractivity contribution is 0.149. The number of hydrogen-bond donors (Lipinski definition) is 3. The molecule has 0 radical (unpaired) electrons. The van der Waals surface area contributed by atoms with Gasteiger partial charge in [0.2, 0.25) is 0 Å². The third-order valence-electron chi connectivity index (χ3n) is 2.13. The van der Waals surface area contributed by atoms with Gasteiger partial charge in [0.15, 0.2) is 0 Å². The summed E-state index contributed by atoms with van der Waals surface area (Å²) in [5, 5.41) is 3.20. The van der Waals surface area contributed by atoms with E-state index >= 15 is 0 Å². The second kappa shape index (κ2) is 6.74. The van der Waals surface area contributed by atoms with Crippen molar-refractivity contribution in [3.05, 3.63) is 30.9 Å². The summed E-state index contributed by atoms with van der Waals surface area (Å²) in [5.41, 5.74) is 13.5. The zero-order valence-electron chi connectivity index (χ0n) is 9.41. The van der Waals surface area contributed by atoms with E-state index in [1.807, 2.05) is 18.2 Å². The fourth-order valence-electron chi connectivity index (χ4n) is 1.22. The average Bonchev–Trinajstić information content (AvgIpc) is 2.28. The molecule has 0 aliphatic carbocycles. The lowest BCUT2D eigenvalue weighted by Crippen LogP contribution is -2.10. The maximum Gasteiger partial charge on any atom is 0.0639 e. The first-order chi connectivity index (χ1) is 7.74. The van der Waals surface area contributed by atoms with Crippen molar-refractivity contribution in [2.24, 2.45) is 0 Å². The van der Waals surface area contributed by atoms with E-state index in [9.17, 15) is 0 Å². The highest BCUT2D eigenvalue weighted by Crippen LogP contribution is 2.19.